The number of furan rings is 1. The molecule has 0 fully saturated rings. The lowest BCUT2D eigenvalue weighted by molar-refractivity contribution is 0.419. The van der Waals surface area contributed by atoms with Crippen LogP contribution in [0, 0.1) is 6.92 Å². The molecule has 0 saturated carbocycles. The molecule has 2 aromatic rings. The Morgan fingerprint density at radius 2 is 2.44 bits per heavy atom. The second-order valence-corrected chi connectivity index (χ2v) is 3.97. The standard InChI is InChI=1S/C12H17N3O/c1-10-8-14-15(9-10)6-5-13-11(2)12-4-3-7-16-12/h3-4,7-9,11,13H,5-6H2,1-2H3. The van der Waals surface area contributed by atoms with Crippen LogP contribution in [-0.2, 0) is 6.54 Å². The molecule has 0 aromatic carbocycles. The van der Waals surface area contributed by atoms with E-state index in [9.17, 15) is 0 Å². The Morgan fingerprint density at radius 1 is 1.56 bits per heavy atom. The number of nitrogens with zero attached hydrogens (tertiary/aromatic N) is 2. The Morgan fingerprint density at radius 3 is 3.06 bits per heavy atom. The van der Waals surface area contributed by atoms with Crippen molar-refractivity contribution < 1.29 is 4.42 Å². The average molecular weight is 219 g/mol. The topological polar surface area (TPSA) is 43.0 Å². The molecule has 16 heavy (non-hydrogen) atoms. The SMILES string of the molecule is Cc1cnn(CCNC(C)c2ccco2)c1. The lowest BCUT2D eigenvalue weighted by Gasteiger charge is -2.10. The van der Waals surface area contributed by atoms with Crippen molar-refractivity contribution >= 4 is 0 Å². The van der Waals surface area contributed by atoms with E-state index in [0.29, 0.717) is 0 Å². The molecule has 1 N–H and O–H groups in total. The van der Waals surface area contributed by atoms with Gasteiger partial charge in [-0.2, -0.15) is 5.10 Å². The highest BCUT2D eigenvalue weighted by Crippen LogP contribution is 2.11. The van der Waals surface area contributed by atoms with Crippen molar-refractivity contribution in [2.75, 3.05) is 6.54 Å². The van der Waals surface area contributed by atoms with Gasteiger partial charge in [0.1, 0.15) is 5.76 Å². The average Bonchev–Trinajstić information content (AvgIpc) is 2.89. The molecular formula is C12H17N3O. The highest BCUT2D eigenvalue weighted by Gasteiger charge is 2.06. The summed E-state index contributed by atoms with van der Waals surface area (Å²) in [5.41, 5.74) is 1.19. The molecule has 86 valence electrons. The van der Waals surface area contributed by atoms with E-state index in [-0.39, 0.29) is 6.04 Å². The Balaban J connectivity index is 1.76. The third-order valence-electron chi connectivity index (χ3n) is 2.52. The lowest BCUT2D eigenvalue weighted by atomic mass is 10.2. The molecule has 4 heteroatoms. The lowest BCUT2D eigenvalue weighted by Crippen LogP contribution is -2.23. The summed E-state index contributed by atoms with van der Waals surface area (Å²) >= 11 is 0. The Kier molecular flexibility index (Phi) is 3.41. The zero-order chi connectivity index (χ0) is 11.4. The number of rotatable bonds is 5. The maximum Gasteiger partial charge on any atom is 0.120 e. The first-order chi connectivity index (χ1) is 7.75. The van der Waals surface area contributed by atoms with Crippen molar-refractivity contribution in [1.82, 2.24) is 15.1 Å². The van der Waals surface area contributed by atoms with Crippen LogP contribution in [-0.4, -0.2) is 16.3 Å². The number of hydrogen-bond donors (Lipinski definition) is 1. The highest BCUT2D eigenvalue weighted by atomic mass is 16.3. The van der Waals surface area contributed by atoms with Gasteiger partial charge in [0.15, 0.2) is 0 Å². The van der Waals surface area contributed by atoms with Crippen LogP contribution in [0.15, 0.2) is 35.2 Å². The maximum atomic E-state index is 5.32. The number of nitrogens with one attached hydrogen (secondary N) is 1. The summed E-state index contributed by atoms with van der Waals surface area (Å²) in [6.45, 7) is 5.89. The van der Waals surface area contributed by atoms with Crippen molar-refractivity contribution in [3.63, 3.8) is 0 Å². The van der Waals surface area contributed by atoms with E-state index in [1.54, 1.807) is 6.26 Å². The summed E-state index contributed by atoms with van der Waals surface area (Å²) in [6, 6.07) is 4.13. The minimum absolute atomic E-state index is 0.242. The van der Waals surface area contributed by atoms with Crippen LogP contribution < -0.4 is 5.32 Å². The van der Waals surface area contributed by atoms with Crippen molar-refractivity contribution in [1.29, 1.82) is 0 Å². The van der Waals surface area contributed by atoms with E-state index < -0.39 is 0 Å². The smallest absolute Gasteiger partial charge is 0.120 e. The second-order valence-electron chi connectivity index (χ2n) is 3.97. The highest BCUT2D eigenvalue weighted by molar-refractivity contribution is 5.03. The van der Waals surface area contributed by atoms with Crippen LogP contribution in [0.5, 0.6) is 0 Å². The summed E-state index contributed by atoms with van der Waals surface area (Å²) < 4.78 is 7.26. The molecule has 2 heterocycles. The fourth-order valence-corrected chi connectivity index (χ4v) is 1.62. The molecule has 0 aliphatic rings. The largest absolute Gasteiger partial charge is 0.468 e. The van der Waals surface area contributed by atoms with Crippen LogP contribution >= 0.6 is 0 Å². The molecule has 0 aliphatic heterocycles. The first kappa shape index (κ1) is 11.0. The van der Waals surface area contributed by atoms with E-state index >= 15 is 0 Å². The molecule has 1 atom stereocenters. The predicted octanol–water partition coefficient (Wildman–Crippen LogP) is 2.14. The van der Waals surface area contributed by atoms with E-state index in [1.165, 1.54) is 5.56 Å². The summed E-state index contributed by atoms with van der Waals surface area (Å²) in [5, 5.41) is 7.62. The van der Waals surface area contributed by atoms with Gasteiger partial charge < -0.3 is 9.73 Å². The van der Waals surface area contributed by atoms with E-state index in [1.807, 2.05) is 36.1 Å². The van der Waals surface area contributed by atoms with E-state index in [2.05, 4.69) is 17.3 Å². The van der Waals surface area contributed by atoms with E-state index in [0.717, 1.165) is 18.8 Å². The molecule has 0 radical (unpaired) electrons. The summed E-state index contributed by atoms with van der Waals surface area (Å²) in [6.07, 6.45) is 5.61. The second kappa shape index (κ2) is 4.99. The first-order valence-corrected chi connectivity index (χ1v) is 5.51. The van der Waals surface area contributed by atoms with Crippen LogP contribution in [0.3, 0.4) is 0 Å². The fourth-order valence-electron chi connectivity index (χ4n) is 1.62. The number of hydrogen-bond acceptors (Lipinski definition) is 3. The molecule has 2 rings (SSSR count). The minimum atomic E-state index is 0.242. The van der Waals surface area contributed by atoms with Crippen LogP contribution in [0.2, 0.25) is 0 Å². The zero-order valence-electron chi connectivity index (χ0n) is 9.68. The van der Waals surface area contributed by atoms with Gasteiger partial charge in [-0.05, 0) is 31.5 Å². The van der Waals surface area contributed by atoms with Crippen molar-refractivity contribution in [3.8, 4) is 0 Å². The van der Waals surface area contributed by atoms with Crippen LogP contribution in [0.25, 0.3) is 0 Å². The normalized spacial score (nSPS) is 12.9. The number of aromatic nitrogens is 2. The molecule has 0 saturated heterocycles. The predicted molar refractivity (Wildman–Crippen MR) is 62.1 cm³/mol. The van der Waals surface area contributed by atoms with Crippen LogP contribution in [0.4, 0.5) is 0 Å². The Bertz CT molecular complexity index is 419. The summed E-state index contributed by atoms with van der Waals surface area (Å²) in [4.78, 5) is 0. The quantitative estimate of drug-likeness (QED) is 0.837. The van der Waals surface area contributed by atoms with Gasteiger partial charge in [0.2, 0.25) is 0 Å². The van der Waals surface area contributed by atoms with Crippen molar-refractivity contribution in [2.45, 2.75) is 26.4 Å². The molecule has 2 aromatic heterocycles. The van der Waals surface area contributed by atoms with Gasteiger partial charge in [0.25, 0.3) is 0 Å². The first-order valence-electron chi connectivity index (χ1n) is 5.51. The molecule has 1 unspecified atom stereocenters. The Labute approximate surface area is 95.3 Å². The molecule has 0 spiro atoms. The molecule has 0 bridgehead atoms. The summed E-state index contributed by atoms with van der Waals surface area (Å²) in [7, 11) is 0. The molecule has 0 amide bonds. The number of aryl methyl sites for hydroxylation is 1. The third kappa shape index (κ3) is 2.73. The maximum absolute atomic E-state index is 5.32. The monoisotopic (exact) mass is 219 g/mol. The fraction of sp³-hybridized carbons (Fsp3) is 0.417. The third-order valence-corrected chi connectivity index (χ3v) is 2.52. The van der Waals surface area contributed by atoms with E-state index in [4.69, 9.17) is 4.42 Å². The summed E-state index contributed by atoms with van der Waals surface area (Å²) in [5.74, 6) is 0.969. The van der Waals surface area contributed by atoms with Crippen molar-refractivity contribution in [3.05, 3.63) is 42.1 Å². The van der Waals surface area contributed by atoms with Gasteiger partial charge in [0.05, 0.1) is 25.0 Å². The minimum Gasteiger partial charge on any atom is -0.468 e. The van der Waals surface area contributed by atoms with Gasteiger partial charge >= 0.3 is 0 Å². The van der Waals surface area contributed by atoms with Crippen LogP contribution in [0.1, 0.15) is 24.3 Å². The zero-order valence-corrected chi connectivity index (χ0v) is 9.68. The molecule has 4 nitrogen and oxygen atoms in total. The van der Waals surface area contributed by atoms with Gasteiger partial charge in [0, 0.05) is 12.7 Å². The van der Waals surface area contributed by atoms with Gasteiger partial charge in [-0.1, -0.05) is 0 Å². The Hall–Kier alpha value is -1.55. The van der Waals surface area contributed by atoms with Gasteiger partial charge in [-0.25, -0.2) is 0 Å². The molecule has 0 aliphatic carbocycles. The van der Waals surface area contributed by atoms with Gasteiger partial charge in [-0.3, -0.25) is 4.68 Å². The van der Waals surface area contributed by atoms with Gasteiger partial charge in [-0.15, -0.1) is 0 Å². The molecular weight excluding hydrogens is 202 g/mol. The van der Waals surface area contributed by atoms with Crippen molar-refractivity contribution in [2.24, 2.45) is 0 Å².